The first-order chi connectivity index (χ1) is 8.58. The lowest BCUT2D eigenvalue weighted by atomic mass is 10.1. The van der Waals surface area contributed by atoms with Crippen LogP contribution >= 0.6 is 0 Å². The van der Waals surface area contributed by atoms with E-state index in [2.05, 4.69) is 4.98 Å². The molecule has 4 nitrogen and oxygen atoms in total. The van der Waals surface area contributed by atoms with Crippen LogP contribution in [0.3, 0.4) is 0 Å². The fourth-order valence-electron chi connectivity index (χ4n) is 2.04. The lowest BCUT2D eigenvalue weighted by Crippen LogP contribution is -2.35. The van der Waals surface area contributed by atoms with Crippen molar-refractivity contribution in [2.24, 2.45) is 0 Å². The van der Waals surface area contributed by atoms with Crippen molar-refractivity contribution in [2.75, 3.05) is 18.6 Å². The third kappa shape index (κ3) is 1.44. The second-order valence-corrected chi connectivity index (χ2v) is 4.33. The van der Waals surface area contributed by atoms with E-state index < -0.39 is 0 Å². The van der Waals surface area contributed by atoms with E-state index >= 15 is 0 Å². The number of hydrogen-bond donors (Lipinski definition) is 0. The second-order valence-electron chi connectivity index (χ2n) is 4.33. The Balaban J connectivity index is 2.32. The summed E-state index contributed by atoms with van der Waals surface area (Å²) in [5.41, 5.74) is 1.67. The molecule has 18 heavy (non-hydrogen) atoms. The van der Waals surface area contributed by atoms with Gasteiger partial charge in [0.05, 0.1) is 11.7 Å². The van der Waals surface area contributed by atoms with Gasteiger partial charge in [-0.15, -0.1) is 0 Å². The summed E-state index contributed by atoms with van der Waals surface area (Å²) >= 11 is 0. The molecule has 1 aromatic carbocycles. The molecular formula is C13H11FN2O2. The quantitative estimate of drug-likeness (QED) is 0.714. The Hall–Kier alpha value is -2.17. The molecule has 0 N–H and O–H groups in total. The molecule has 0 spiro atoms. The summed E-state index contributed by atoms with van der Waals surface area (Å²) in [7, 11) is 1.67. The van der Waals surface area contributed by atoms with Gasteiger partial charge in [-0.2, -0.15) is 0 Å². The maximum atomic E-state index is 13.5. The summed E-state index contributed by atoms with van der Waals surface area (Å²) < 4.78 is 18.9. The Morgan fingerprint density at radius 2 is 2.22 bits per heavy atom. The van der Waals surface area contributed by atoms with Crippen molar-refractivity contribution >= 4 is 22.5 Å². The van der Waals surface area contributed by atoms with E-state index in [-0.39, 0.29) is 18.3 Å². The van der Waals surface area contributed by atoms with Gasteiger partial charge in [-0.1, -0.05) is 0 Å². The smallest absolute Gasteiger partial charge is 0.264 e. The predicted octanol–water partition coefficient (Wildman–Crippen LogP) is 2.04. The third-order valence-corrected chi connectivity index (χ3v) is 3.16. The predicted molar refractivity (Wildman–Crippen MR) is 65.3 cm³/mol. The molecule has 0 atom stereocenters. The fourth-order valence-corrected chi connectivity index (χ4v) is 2.04. The number of fused-ring (bicyclic) bond motifs is 3. The maximum Gasteiger partial charge on any atom is 0.264 e. The average molecular weight is 246 g/mol. The van der Waals surface area contributed by atoms with E-state index in [1.807, 2.05) is 0 Å². The zero-order valence-electron chi connectivity index (χ0n) is 10.0. The van der Waals surface area contributed by atoms with E-state index in [1.165, 1.54) is 17.2 Å². The molecule has 1 aliphatic heterocycles. The highest BCUT2D eigenvalue weighted by molar-refractivity contribution is 6.02. The molecular weight excluding hydrogens is 235 g/mol. The summed E-state index contributed by atoms with van der Waals surface area (Å²) in [5.74, 6) is 0.169. The molecule has 2 heterocycles. The summed E-state index contributed by atoms with van der Waals surface area (Å²) in [4.78, 5) is 17.2. The molecule has 92 valence electrons. The average Bonchev–Trinajstić information content (AvgIpc) is 2.35. The molecule has 1 amide bonds. The Morgan fingerprint density at radius 3 is 3.00 bits per heavy atom. The number of ether oxygens (including phenoxy) is 1. The summed E-state index contributed by atoms with van der Waals surface area (Å²) in [6.07, 6.45) is 1.53. The van der Waals surface area contributed by atoms with Crippen LogP contribution in [0.5, 0.6) is 5.75 Å². The van der Waals surface area contributed by atoms with Gasteiger partial charge in [0.25, 0.3) is 5.91 Å². The number of likely N-dealkylation sites (N-methyl/N-ethyl adjacent to an activating group) is 1. The number of anilines is 1. The molecule has 2 aromatic rings. The van der Waals surface area contributed by atoms with Gasteiger partial charge in [-0.3, -0.25) is 9.78 Å². The van der Waals surface area contributed by atoms with Crippen LogP contribution < -0.4 is 9.64 Å². The van der Waals surface area contributed by atoms with Crippen molar-refractivity contribution in [1.82, 2.24) is 4.98 Å². The molecule has 0 saturated heterocycles. The van der Waals surface area contributed by atoms with E-state index in [9.17, 15) is 9.18 Å². The first-order valence-electron chi connectivity index (χ1n) is 5.56. The number of halogens is 1. The van der Waals surface area contributed by atoms with Gasteiger partial charge in [-0.25, -0.2) is 4.39 Å². The first kappa shape index (κ1) is 11.0. The number of rotatable bonds is 0. The van der Waals surface area contributed by atoms with Crippen LogP contribution in [0, 0.1) is 12.7 Å². The van der Waals surface area contributed by atoms with Crippen molar-refractivity contribution in [3.05, 3.63) is 29.7 Å². The minimum absolute atomic E-state index is 0.000955. The lowest BCUT2D eigenvalue weighted by Gasteiger charge is -2.26. The SMILES string of the molecule is Cc1cc2c3c(cnc2cc1F)N(C)C(=O)CO3. The van der Waals surface area contributed by atoms with Gasteiger partial charge in [0.15, 0.2) is 12.4 Å². The fraction of sp³-hybridized carbons (Fsp3) is 0.231. The zero-order valence-corrected chi connectivity index (χ0v) is 10.0. The van der Waals surface area contributed by atoms with Crippen LogP contribution in [-0.2, 0) is 4.79 Å². The Bertz CT molecular complexity index is 670. The van der Waals surface area contributed by atoms with Crippen molar-refractivity contribution in [2.45, 2.75) is 6.92 Å². The Morgan fingerprint density at radius 1 is 1.44 bits per heavy atom. The monoisotopic (exact) mass is 246 g/mol. The molecule has 5 heteroatoms. The third-order valence-electron chi connectivity index (χ3n) is 3.16. The summed E-state index contributed by atoms with van der Waals surface area (Å²) in [6, 6.07) is 3.07. The van der Waals surface area contributed by atoms with Crippen LogP contribution in [0.15, 0.2) is 18.3 Å². The van der Waals surface area contributed by atoms with Crippen LogP contribution in [0.25, 0.3) is 10.9 Å². The number of hydrogen-bond acceptors (Lipinski definition) is 3. The minimum Gasteiger partial charge on any atom is -0.481 e. The van der Waals surface area contributed by atoms with Gasteiger partial charge < -0.3 is 9.64 Å². The van der Waals surface area contributed by atoms with Gasteiger partial charge in [0.1, 0.15) is 11.5 Å². The minimum atomic E-state index is -0.296. The van der Waals surface area contributed by atoms with Crippen molar-refractivity contribution in [3.63, 3.8) is 0 Å². The van der Waals surface area contributed by atoms with Gasteiger partial charge in [0.2, 0.25) is 0 Å². The van der Waals surface area contributed by atoms with Gasteiger partial charge in [-0.05, 0) is 18.6 Å². The number of amides is 1. The Kier molecular flexibility index (Phi) is 2.23. The van der Waals surface area contributed by atoms with Crippen LogP contribution in [-0.4, -0.2) is 24.5 Å². The Labute approximate surface area is 103 Å². The molecule has 0 aliphatic carbocycles. The highest BCUT2D eigenvalue weighted by atomic mass is 19.1. The molecule has 0 radical (unpaired) electrons. The molecule has 1 aromatic heterocycles. The van der Waals surface area contributed by atoms with Crippen molar-refractivity contribution in [1.29, 1.82) is 0 Å². The molecule has 0 bridgehead atoms. The number of aryl methyl sites for hydroxylation is 1. The highest BCUT2D eigenvalue weighted by Crippen LogP contribution is 2.37. The molecule has 0 saturated carbocycles. The number of nitrogens with zero attached hydrogens (tertiary/aromatic N) is 2. The number of aromatic nitrogens is 1. The summed E-state index contributed by atoms with van der Waals surface area (Å²) in [5, 5.41) is 0.728. The number of benzene rings is 1. The van der Waals surface area contributed by atoms with Crippen molar-refractivity contribution < 1.29 is 13.9 Å². The molecule has 1 aliphatic rings. The van der Waals surface area contributed by atoms with E-state index in [1.54, 1.807) is 20.0 Å². The first-order valence-corrected chi connectivity index (χ1v) is 5.56. The topological polar surface area (TPSA) is 42.4 Å². The van der Waals surface area contributed by atoms with Gasteiger partial charge in [0, 0.05) is 18.5 Å². The normalized spacial score (nSPS) is 14.6. The van der Waals surface area contributed by atoms with Crippen LogP contribution in [0.4, 0.5) is 10.1 Å². The molecule has 3 rings (SSSR count). The number of carbonyl (C=O) groups excluding carboxylic acids is 1. The van der Waals surface area contributed by atoms with Crippen molar-refractivity contribution in [3.8, 4) is 5.75 Å². The van der Waals surface area contributed by atoms with Gasteiger partial charge >= 0.3 is 0 Å². The second kappa shape index (κ2) is 3.66. The van der Waals surface area contributed by atoms with E-state index in [0.717, 1.165) is 5.39 Å². The number of carbonyl (C=O) groups is 1. The largest absolute Gasteiger partial charge is 0.481 e. The number of pyridine rings is 1. The zero-order chi connectivity index (χ0) is 12.9. The maximum absolute atomic E-state index is 13.5. The van der Waals surface area contributed by atoms with E-state index in [4.69, 9.17) is 4.74 Å². The highest BCUT2D eigenvalue weighted by Gasteiger charge is 2.24. The summed E-state index contributed by atoms with van der Waals surface area (Å²) in [6.45, 7) is 1.69. The van der Waals surface area contributed by atoms with Crippen LogP contribution in [0.1, 0.15) is 5.56 Å². The van der Waals surface area contributed by atoms with E-state index in [0.29, 0.717) is 22.5 Å². The lowest BCUT2D eigenvalue weighted by molar-refractivity contribution is -0.120. The molecule has 0 fully saturated rings. The standard InChI is InChI=1S/C13H11FN2O2/c1-7-3-8-10(4-9(7)14)15-5-11-13(8)18-6-12(17)16(11)2/h3-5H,6H2,1-2H3. The van der Waals surface area contributed by atoms with Crippen LogP contribution in [0.2, 0.25) is 0 Å². The molecule has 0 unspecified atom stereocenters.